The van der Waals surface area contributed by atoms with E-state index in [1.165, 1.54) is 0 Å². The van der Waals surface area contributed by atoms with E-state index >= 15 is 0 Å². The summed E-state index contributed by atoms with van der Waals surface area (Å²) in [4.78, 5) is 11.3. The highest BCUT2D eigenvalue weighted by atomic mass is 79.9. The van der Waals surface area contributed by atoms with Crippen molar-refractivity contribution in [2.45, 2.75) is 32.2 Å². The van der Waals surface area contributed by atoms with Crippen LogP contribution in [-0.2, 0) is 4.79 Å². The maximum atomic E-state index is 11.3. The summed E-state index contributed by atoms with van der Waals surface area (Å²) in [5, 5.41) is 21.3. The van der Waals surface area contributed by atoms with Crippen LogP contribution in [0.2, 0.25) is 0 Å². The van der Waals surface area contributed by atoms with Crippen molar-refractivity contribution in [1.29, 1.82) is 5.26 Å². The van der Waals surface area contributed by atoms with Crippen molar-refractivity contribution in [3.05, 3.63) is 28.2 Å². The Hall–Kier alpha value is -1.54. The quantitative estimate of drug-likeness (QED) is 0.874. The number of nitriles is 1. The second-order valence-corrected chi connectivity index (χ2v) is 5.23. The van der Waals surface area contributed by atoms with Gasteiger partial charge in [0, 0.05) is 4.47 Å². The second kappa shape index (κ2) is 5.87. The summed E-state index contributed by atoms with van der Waals surface area (Å²) in [7, 11) is 0. The molecular formula is C13H15BrN2O2. The second-order valence-electron chi connectivity index (χ2n) is 4.31. The minimum absolute atomic E-state index is 0.432. The third-order valence-corrected chi connectivity index (χ3v) is 3.23. The van der Waals surface area contributed by atoms with Crippen LogP contribution in [0.3, 0.4) is 0 Å². The van der Waals surface area contributed by atoms with Crippen molar-refractivity contribution in [3.8, 4) is 6.07 Å². The number of aliphatic carboxylic acids is 1. The van der Waals surface area contributed by atoms with E-state index in [1.54, 1.807) is 25.1 Å². The van der Waals surface area contributed by atoms with Crippen molar-refractivity contribution in [3.63, 3.8) is 0 Å². The number of carbonyl (C=O) groups is 1. The van der Waals surface area contributed by atoms with Crippen LogP contribution in [-0.4, -0.2) is 16.6 Å². The third kappa shape index (κ3) is 3.23. The summed E-state index contributed by atoms with van der Waals surface area (Å²) in [5.74, 6) is -0.923. The summed E-state index contributed by atoms with van der Waals surface area (Å²) >= 11 is 3.31. The first-order valence-corrected chi connectivity index (χ1v) is 6.43. The number of carboxylic acid groups (broad SMARTS) is 1. The van der Waals surface area contributed by atoms with Gasteiger partial charge in [0.05, 0.1) is 11.3 Å². The van der Waals surface area contributed by atoms with Gasteiger partial charge in [-0.15, -0.1) is 0 Å². The van der Waals surface area contributed by atoms with E-state index in [4.69, 9.17) is 5.26 Å². The summed E-state index contributed by atoms with van der Waals surface area (Å²) in [6.07, 6.45) is 1.23. The highest BCUT2D eigenvalue weighted by Crippen LogP contribution is 2.26. The topological polar surface area (TPSA) is 73.1 Å². The first-order valence-electron chi connectivity index (χ1n) is 5.64. The molecule has 0 bridgehead atoms. The molecule has 0 fully saturated rings. The molecule has 0 aromatic heterocycles. The normalized spacial score (nSPS) is 13.4. The van der Waals surface area contributed by atoms with Gasteiger partial charge in [0.2, 0.25) is 0 Å². The van der Waals surface area contributed by atoms with E-state index in [0.29, 0.717) is 17.7 Å². The number of halogens is 1. The Labute approximate surface area is 115 Å². The molecule has 0 amide bonds. The Kier molecular flexibility index (Phi) is 4.74. The van der Waals surface area contributed by atoms with Crippen molar-refractivity contribution in [2.24, 2.45) is 0 Å². The minimum atomic E-state index is -1.07. The number of nitrogens with one attached hydrogen (secondary N) is 1. The summed E-state index contributed by atoms with van der Waals surface area (Å²) in [6.45, 7) is 3.55. The fourth-order valence-electron chi connectivity index (χ4n) is 1.74. The first kappa shape index (κ1) is 14.5. The Bertz CT molecular complexity index is 496. The predicted molar refractivity (Wildman–Crippen MR) is 73.4 cm³/mol. The molecule has 0 spiro atoms. The number of benzene rings is 1. The molecule has 18 heavy (non-hydrogen) atoms. The van der Waals surface area contributed by atoms with Gasteiger partial charge in [-0.3, -0.25) is 0 Å². The standard InChI is InChI=1S/C13H15BrN2O2/c1-3-6-13(2,12(17)18)16-11-7-10(14)5-4-9(11)8-15/h4-5,7,16H,3,6H2,1-2H3,(H,17,18). The molecule has 1 atom stereocenters. The predicted octanol–water partition coefficient (Wildman–Crippen LogP) is 3.38. The van der Waals surface area contributed by atoms with Crippen molar-refractivity contribution in [1.82, 2.24) is 0 Å². The number of rotatable bonds is 5. The molecule has 0 heterocycles. The molecule has 0 radical (unpaired) electrons. The van der Waals surface area contributed by atoms with Crippen LogP contribution in [0, 0.1) is 11.3 Å². The van der Waals surface area contributed by atoms with Crippen LogP contribution in [0.4, 0.5) is 5.69 Å². The smallest absolute Gasteiger partial charge is 0.329 e. The van der Waals surface area contributed by atoms with Gasteiger partial charge < -0.3 is 10.4 Å². The van der Waals surface area contributed by atoms with Gasteiger partial charge in [-0.25, -0.2) is 4.79 Å². The average Bonchev–Trinajstić information content (AvgIpc) is 2.29. The molecular weight excluding hydrogens is 296 g/mol. The lowest BCUT2D eigenvalue weighted by atomic mass is 9.95. The Morgan fingerprint density at radius 3 is 2.78 bits per heavy atom. The molecule has 0 aliphatic carbocycles. The van der Waals surface area contributed by atoms with Crippen molar-refractivity contribution >= 4 is 27.6 Å². The molecule has 1 aromatic rings. The zero-order valence-electron chi connectivity index (χ0n) is 10.3. The van der Waals surface area contributed by atoms with Gasteiger partial charge in [0.15, 0.2) is 0 Å². The van der Waals surface area contributed by atoms with Crippen LogP contribution in [0.1, 0.15) is 32.3 Å². The molecule has 96 valence electrons. The molecule has 4 nitrogen and oxygen atoms in total. The van der Waals surface area contributed by atoms with Gasteiger partial charge in [0.25, 0.3) is 0 Å². The lowest BCUT2D eigenvalue weighted by Crippen LogP contribution is -2.43. The number of hydrogen-bond acceptors (Lipinski definition) is 3. The molecule has 1 unspecified atom stereocenters. The molecule has 1 rings (SSSR count). The number of hydrogen-bond donors (Lipinski definition) is 2. The van der Waals surface area contributed by atoms with Gasteiger partial charge in [-0.1, -0.05) is 29.3 Å². The summed E-state index contributed by atoms with van der Waals surface area (Å²) in [5.41, 5.74) is -0.103. The largest absolute Gasteiger partial charge is 0.480 e. The zero-order valence-corrected chi connectivity index (χ0v) is 11.9. The minimum Gasteiger partial charge on any atom is -0.480 e. The maximum Gasteiger partial charge on any atom is 0.329 e. The van der Waals surface area contributed by atoms with E-state index in [0.717, 1.165) is 10.9 Å². The van der Waals surface area contributed by atoms with Crippen LogP contribution in [0.25, 0.3) is 0 Å². The monoisotopic (exact) mass is 310 g/mol. The summed E-state index contributed by atoms with van der Waals surface area (Å²) < 4.78 is 0.799. The SMILES string of the molecule is CCCC(C)(Nc1cc(Br)ccc1C#N)C(=O)O. The molecule has 0 aliphatic rings. The van der Waals surface area contributed by atoms with Crippen LogP contribution in [0.15, 0.2) is 22.7 Å². The van der Waals surface area contributed by atoms with Crippen molar-refractivity contribution in [2.75, 3.05) is 5.32 Å². The summed E-state index contributed by atoms with van der Waals surface area (Å²) in [6, 6.07) is 7.17. The maximum absolute atomic E-state index is 11.3. The first-order chi connectivity index (χ1) is 8.42. The highest BCUT2D eigenvalue weighted by Gasteiger charge is 2.32. The Balaban J connectivity index is 3.12. The number of nitrogens with zero attached hydrogens (tertiary/aromatic N) is 1. The van der Waals surface area contributed by atoms with E-state index < -0.39 is 11.5 Å². The van der Waals surface area contributed by atoms with Crippen molar-refractivity contribution < 1.29 is 9.90 Å². The van der Waals surface area contributed by atoms with Gasteiger partial charge in [0.1, 0.15) is 11.6 Å². The molecule has 2 N–H and O–H groups in total. The van der Waals surface area contributed by atoms with Crippen LogP contribution >= 0.6 is 15.9 Å². The zero-order chi connectivity index (χ0) is 13.8. The Morgan fingerprint density at radius 1 is 1.61 bits per heavy atom. The lowest BCUT2D eigenvalue weighted by Gasteiger charge is -2.27. The van der Waals surface area contributed by atoms with Gasteiger partial charge in [-0.05, 0) is 31.5 Å². The molecule has 5 heteroatoms. The molecule has 0 saturated carbocycles. The lowest BCUT2D eigenvalue weighted by molar-refractivity contribution is -0.141. The fraction of sp³-hybridized carbons (Fsp3) is 0.385. The third-order valence-electron chi connectivity index (χ3n) is 2.73. The molecule has 0 aliphatic heterocycles. The van der Waals surface area contributed by atoms with E-state index in [-0.39, 0.29) is 0 Å². The highest BCUT2D eigenvalue weighted by molar-refractivity contribution is 9.10. The van der Waals surface area contributed by atoms with E-state index in [1.807, 2.05) is 6.92 Å². The molecule has 1 aromatic carbocycles. The molecule has 0 saturated heterocycles. The number of anilines is 1. The van der Waals surface area contributed by atoms with Crippen LogP contribution in [0.5, 0.6) is 0 Å². The van der Waals surface area contributed by atoms with Gasteiger partial charge in [-0.2, -0.15) is 5.26 Å². The van der Waals surface area contributed by atoms with E-state index in [9.17, 15) is 9.90 Å². The van der Waals surface area contributed by atoms with E-state index in [2.05, 4.69) is 27.3 Å². The fourth-order valence-corrected chi connectivity index (χ4v) is 2.10. The number of carboxylic acids is 1. The van der Waals surface area contributed by atoms with Gasteiger partial charge >= 0.3 is 5.97 Å². The Morgan fingerprint density at radius 2 is 2.28 bits per heavy atom. The average molecular weight is 311 g/mol. The van der Waals surface area contributed by atoms with Crippen LogP contribution < -0.4 is 5.32 Å².